The van der Waals surface area contributed by atoms with Gasteiger partial charge in [-0.3, -0.25) is 10.1 Å². The van der Waals surface area contributed by atoms with E-state index in [2.05, 4.69) is 36.3 Å². The van der Waals surface area contributed by atoms with Crippen molar-refractivity contribution in [2.24, 2.45) is 0 Å². The molecule has 102 valence electrons. The van der Waals surface area contributed by atoms with Gasteiger partial charge in [0.05, 0.1) is 5.57 Å². The zero-order chi connectivity index (χ0) is 14.5. The van der Waals surface area contributed by atoms with Crippen molar-refractivity contribution in [1.82, 2.24) is 34.9 Å². The van der Waals surface area contributed by atoms with Crippen molar-refractivity contribution in [2.75, 3.05) is 0 Å². The van der Waals surface area contributed by atoms with Crippen LogP contribution < -0.4 is 0 Å². The first-order valence-electron chi connectivity index (χ1n) is 6.11. The Kier molecular flexibility index (Phi) is 3.47. The maximum absolute atomic E-state index is 9.25. The van der Waals surface area contributed by atoms with E-state index in [1.165, 1.54) is 6.33 Å². The Labute approximate surface area is 119 Å². The van der Waals surface area contributed by atoms with E-state index in [1.54, 1.807) is 41.6 Å². The molecule has 8 nitrogen and oxygen atoms in total. The van der Waals surface area contributed by atoms with Gasteiger partial charge >= 0.3 is 0 Å². The molecule has 21 heavy (non-hydrogen) atoms. The lowest BCUT2D eigenvalue weighted by Crippen LogP contribution is -2.01. The van der Waals surface area contributed by atoms with Gasteiger partial charge in [-0.05, 0) is 23.8 Å². The predicted octanol–water partition coefficient (Wildman–Crippen LogP) is 0.904. The molecule has 3 aromatic heterocycles. The minimum absolute atomic E-state index is 0.351. The third-order valence-corrected chi connectivity index (χ3v) is 2.69. The maximum atomic E-state index is 9.25. The molecule has 0 amide bonds. The molecule has 1 N–H and O–H groups in total. The zero-order valence-corrected chi connectivity index (χ0v) is 10.9. The number of rotatable bonds is 4. The van der Waals surface area contributed by atoms with Crippen LogP contribution in [0.15, 0.2) is 37.2 Å². The van der Waals surface area contributed by atoms with E-state index in [1.807, 2.05) is 0 Å². The Morgan fingerprint density at radius 3 is 2.90 bits per heavy atom. The molecule has 3 rings (SSSR count). The van der Waals surface area contributed by atoms with Gasteiger partial charge in [-0.1, -0.05) is 0 Å². The molecule has 0 aliphatic rings. The van der Waals surface area contributed by atoms with Crippen LogP contribution in [0.1, 0.15) is 17.2 Å². The fourth-order valence-electron chi connectivity index (χ4n) is 1.73. The molecule has 0 aromatic carbocycles. The van der Waals surface area contributed by atoms with Gasteiger partial charge in [0.25, 0.3) is 0 Å². The fourth-order valence-corrected chi connectivity index (χ4v) is 1.73. The molecule has 0 bridgehead atoms. The number of hydrogen-bond acceptors (Lipinski definition) is 6. The van der Waals surface area contributed by atoms with Gasteiger partial charge in [-0.25, -0.2) is 14.6 Å². The molecule has 0 fully saturated rings. The third-order valence-electron chi connectivity index (χ3n) is 2.69. The topological polar surface area (TPSA) is 109 Å². The highest BCUT2D eigenvalue weighted by molar-refractivity contribution is 5.86. The van der Waals surface area contributed by atoms with Crippen molar-refractivity contribution in [2.45, 2.75) is 6.54 Å². The number of aromatic nitrogens is 7. The molecule has 0 atom stereocenters. The van der Waals surface area contributed by atoms with Crippen molar-refractivity contribution < 1.29 is 0 Å². The summed E-state index contributed by atoms with van der Waals surface area (Å²) >= 11 is 0. The van der Waals surface area contributed by atoms with Crippen LogP contribution in [-0.4, -0.2) is 34.9 Å². The van der Waals surface area contributed by atoms with Crippen LogP contribution in [0.25, 0.3) is 11.6 Å². The molecule has 0 spiro atoms. The quantitative estimate of drug-likeness (QED) is 0.710. The SMILES string of the molecule is N#C/C(=C/c1ccncc1)c1n[nH]c(Cn2cncn2)n1. The van der Waals surface area contributed by atoms with E-state index in [9.17, 15) is 5.26 Å². The van der Waals surface area contributed by atoms with Gasteiger partial charge in [-0.2, -0.15) is 15.5 Å². The summed E-state index contributed by atoms with van der Waals surface area (Å²) in [7, 11) is 0. The summed E-state index contributed by atoms with van der Waals surface area (Å²) in [6, 6.07) is 5.71. The fraction of sp³-hybridized carbons (Fsp3) is 0.0769. The largest absolute Gasteiger partial charge is 0.265 e. The first-order valence-corrected chi connectivity index (χ1v) is 6.11. The minimum Gasteiger partial charge on any atom is -0.265 e. The van der Waals surface area contributed by atoms with Crippen LogP contribution in [-0.2, 0) is 6.54 Å². The summed E-state index contributed by atoms with van der Waals surface area (Å²) in [6.07, 6.45) is 8.07. The average Bonchev–Trinajstić information content (AvgIpc) is 3.18. The van der Waals surface area contributed by atoms with Gasteiger partial charge in [-0.15, -0.1) is 0 Å². The molecule has 8 heteroatoms. The predicted molar refractivity (Wildman–Crippen MR) is 73.2 cm³/mol. The van der Waals surface area contributed by atoms with Crippen molar-refractivity contribution in [3.8, 4) is 6.07 Å². The normalized spacial score (nSPS) is 11.3. The minimum atomic E-state index is 0.351. The second-order valence-electron chi connectivity index (χ2n) is 4.15. The number of aromatic amines is 1. The van der Waals surface area contributed by atoms with Gasteiger partial charge in [0.1, 0.15) is 31.1 Å². The summed E-state index contributed by atoms with van der Waals surface area (Å²) in [5, 5.41) is 20.1. The zero-order valence-electron chi connectivity index (χ0n) is 10.9. The summed E-state index contributed by atoms with van der Waals surface area (Å²) in [5.74, 6) is 0.954. The highest BCUT2D eigenvalue weighted by atomic mass is 15.3. The van der Waals surface area contributed by atoms with Crippen LogP contribution in [0.3, 0.4) is 0 Å². The van der Waals surface area contributed by atoms with Crippen molar-refractivity contribution in [1.29, 1.82) is 5.26 Å². The van der Waals surface area contributed by atoms with Crippen LogP contribution >= 0.6 is 0 Å². The molecule has 3 aromatic rings. The lowest BCUT2D eigenvalue weighted by Gasteiger charge is -1.94. The molecule has 0 aliphatic carbocycles. The second kappa shape index (κ2) is 5.75. The summed E-state index contributed by atoms with van der Waals surface area (Å²) < 4.78 is 1.61. The number of nitrogens with zero attached hydrogens (tertiary/aromatic N) is 7. The summed E-state index contributed by atoms with van der Waals surface area (Å²) in [5.41, 5.74) is 1.24. The molecule has 0 aliphatic heterocycles. The number of pyridine rings is 1. The lowest BCUT2D eigenvalue weighted by molar-refractivity contribution is 0.655. The molecule has 0 saturated carbocycles. The van der Waals surface area contributed by atoms with Gasteiger partial charge in [0.15, 0.2) is 5.82 Å². The van der Waals surface area contributed by atoms with Gasteiger partial charge < -0.3 is 0 Å². The van der Waals surface area contributed by atoms with E-state index in [4.69, 9.17) is 0 Å². The van der Waals surface area contributed by atoms with E-state index in [0.717, 1.165) is 5.56 Å². The number of nitrogens with one attached hydrogen (secondary N) is 1. The van der Waals surface area contributed by atoms with E-state index in [0.29, 0.717) is 23.8 Å². The van der Waals surface area contributed by atoms with Crippen LogP contribution in [0.4, 0.5) is 0 Å². The van der Waals surface area contributed by atoms with Crippen molar-refractivity contribution >= 4 is 11.6 Å². The smallest absolute Gasteiger partial charge is 0.191 e. The Bertz CT molecular complexity index is 779. The Morgan fingerprint density at radius 1 is 1.33 bits per heavy atom. The standard InChI is InChI=1S/C13H10N8/c14-6-11(5-10-1-3-15-4-2-10)13-18-12(19-20-13)7-21-9-16-8-17-21/h1-5,8-9H,7H2,(H,18,19,20)/b11-5-. The number of hydrogen-bond donors (Lipinski definition) is 1. The van der Waals surface area contributed by atoms with Crippen molar-refractivity contribution in [3.63, 3.8) is 0 Å². The van der Waals surface area contributed by atoms with E-state index in [-0.39, 0.29) is 0 Å². The van der Waals surface area contributed by atoms with E-state index >= 15 is 0 Å². The Morgan fingerprint density at radius 2 is 2.19 bits per heavy atom. The maximum Gasteiger partial charge on any atom is 0.191 e. The first kappa shape index (κ1) is 12.7. The summed E-state index contributed by atoms with van der Waals surface area (Å²) in [4.78, 5) is 12.1. The Hall–Kier alpha value is -3.34. The second-order valence-corrected chi connectivity index (χ2v) is 4.15. The van der Waals surface area contributed by atoms with Gasteiger partial charge in [0, 0.05) is 12.4 Å². The van der Waals surface area contributed by atoms with E-state index < -0.39 is 0 Å². The number of allylic oxidation sites excluding steroid dienone is 1. The van der Waals surface area contributed by atoms with Crippen LogP contribution in [0, 0.1) is 11.3 Å². The monoisotopic (exact) mass is 278 g/mol. The number of H-pyrrole nitrogens is 1. The average molecular weight is 278 g/mol. The van der Waals surface area contributed by atoms with Crippen molar-refractivity contribution in [3.05, 3.63) is 54.4 Å². The Balaban J connectivity index is 1.84. The molecule has 0 saturated heterocycles. The molecule has 0 radical (unpaired) electrons. The van der Waals surface area contributed by atoms with Gasteiger partial charge in [0.2, 0.25) is 0 Å². The molecule has 0 unspecified atom stereocenters. The van der Waals surface area contributed by atoms with Crippen LogP contribution in [0.2, 0.25) is 0 Å². The highest BCUT2D eigenvalue weighted by Gasteiger charge is 2.09. The molecule has 3 heterocycles. The third kappa shape index (κ3) is 2.98. The molecular weight excluding hydrogens is 268 g/mol. The van der Waals surface area contributed by atoms with Crippen LogP contribution in [0.5, 0.6) is 0 Å². The first-order chi connectivity index (χ1) is 10.3. The number of nitriles is 1. The lowest BCUT2D eigenvalue weighted by atomic mass is 10.1. The summed E-state index contributed by atoms with van der Waals surface area (Å²) in [6.45, 7) is 0.418. The highest BCUT2D eigenvalue weighted by Crippen LogP contribution is 2.13. The molecular formula is C13H10N8.